The minimum absolute atomic E-state index is 0.282. The zero-order valence-corrected chi connectivity index (χ0v) is 21.9. The van der Waals surface area contributed by atoms with Gasteiger partial charge in [-0.15, -0.1) is 0 Å². The summed E-state index contributed by atoms with van der Waals surface area (Å²) in [5.41, 5.74) is 0.953. The average molecular weight is 517 g/mol. The Labute approximate surface area is 224 Å². The Kier molecular flexibility index (Phi) is 5.07. The third-order valence-corrected chi connectivity index (χ3v) is 8.12. The summed E-state index contributed by atoms with van der Waals surface area (Å²) in [6.07, 6.45) is 1.32. The lowest BCUT2D eigenvalue weighted by atomic mass is 9.68. The molecule has 2 N–H and O–H groups in total. The Morgan fingerprint density at radius 1 is 0.667 bits per heavy atom. The summed E-state index contributed by atoms with van der Waals surface area (Å²) in [6, 6.07) is 24.1. The van der Waals surface area contributed by atoms with Crippen LogP contribution in [0, 0.1) is 0 Å². The molecule has 7 nitrogen and oxygen atoms in total. The van der Waals surface area contributed by atoms with Crippen molar-refractivity contribution in [3.05, 3.63) is 110 Å². The summed E-state index contributed by atoms with van der Waals surface area (Å²) >= 11 is 0. The molecular weight excluding hydrogens is 488 g/mol. The topological polar surface area (TPSA) is 85.1 Å². The molecule has 1 atom stereocenters. The Morgan fingerprint density at radius 3 is 2.03 bits per heavy atom. The molecule has 2 aliphatic rings. The van der Waals surface area contributed by atoms with Gasteiger partial charge in [-0.2, -0.15) is 0 Å². The van der Waals surface area contributed by atoms with Crippen LogP contribution in [0.2, 0.25) is 0 Å². The number of aromatic nitrogens is 2. The van der Waals surface area contributed by atoms with Crippen molar-refractivity contribution < 1.29 is 4.79 Å². The molecular formula is C32H28N4O3. The summed E-state index contributed by atoms with van der Waals surface area (Å²) in [6.45, 7) is 4.64. The van der Waals surface area contributed by atoms with E-state index in [0.717, 1.165) is 27.1 Å². The Bertz CT molecular complexity index is 1970. The fraction of sp³-hybridized carbons (Fsp3) is 0.219. The van der Waals surface area contributed by atoms with E-state index in [1.807, 2.05) is 62.4 Å². The SMILES string of the molecule is CCCn1c2c(c(=O)n(CCC)c1=O)C1(C(=O)Nc3cc4cc5ccccc5cc4cc31)c1ccccc1N2. The average Bonchev–Trinajstić information content (AvgIpc) is 3.21. The molecule has 0 saturated carbocycles. The van der Waals surface area contributed by atoms with Crippen molar-refractivity contribution in [1.82, 2.24) is 9.13 Å². The lowest BCUT2D eigenvalue weighted by Crippen LogP contribution is -2.51. The van der Waals surface area contributed by atoms with Crippen molar-refractivity contribution in [2.75, 3.05) is 10.6 Å². The molecule has 7 rings (SSSR count). The molecule has 1 spiro atoms. The van der Waals surface area contributed by atoms with Crippen LogP contribution < -0.4 is 21.9 Å². The first-order chi connectivity index (χ1) is 19.0. The second-order valence-electron chi connectivity index (χ2n) is 10.4. The number of amides is 1. The second kappa shape index (κ2) is 8.43. The van der Waals surface area contributed by atoms with Gasteiger partial charge < -0.3 is 10.6 Å². The van der Waals surface area contributed by atoms with Crippen molar-refractivity contribution in [2.24, 2.45) is 0 Å². The van der Waals surface area contributed by atoms with E-state index in [1.165, 1.54) is 4.57 Å². The van der Waals surface area contributed by atoms with Crippen molar-refractivity contribution >= 4 is 44.6 Å². The number of carbonyl (C=O) groups excluding carboxylic acids is 1. The van der Waals surface area contributed by atoms with Crippen LogP contribution in [0.15, 0.2) is 82.4 Å². The number of rotatable bonds is 4. The smallest absolute Gasteiger partial charge is 0.332 e. The van der Waals surface area contributed by atoms with Gasteiger partial charge in [0.15, 0.2) is 0 Å². The van der Waals surface area contributed by atoms with E-state index >= 15 is 0 Å². The number of fused-ring (bicyclic) bond motifs is 8. The summed E-state index contributed by atoms with van der Waals surface area (Å²) in [5.74, 6) is 0.119. The molecule has 2 aliphatic heterocycles. The number of hydrogen-bond donors (Lipinski definition) is 2. The largest absolute Gasteiger partial charge is 0.341 e. The maximum absolute atomic E-state index is 14.3. The van der Waals surface area contributed by atoms with Gasteiger partial charge in [0.1, 0.15) is 11.2 Å². The Balaban J connectivity index is 1.64. The van der Waals surface area contributed by atoms with Gasteiger partial charge in [0, 0.05) is 35.6 Å². The number of carbonyl (C=O) groups is 1. The van der Waals surface area contributed by atoms with Crippen LogP contribution in [0.3, 0.4) is 0 Å². The van der Waals surface area contributed by atoms with E-state index in [9.17, 15) is 14.4 Å². The Morgan fingerprint density at radius 2 is 1.31 bits per heavy atom. The standard InChI is InChI=1S/C32H28N4O3/c1-3-13-35-28-27(29(37)36(14-4-2)31(35)39)32(23-11-7-8-12-25(23)33-28)24-17-21-15-19-9-5-6-10-20(19)16-22(21)18-26(24)34-30(32)38/h5-12,15-18,33H,3-4,13-14H2,1-2H3,(H,34,38). The molecule has 5 aromatic rings. The predicted molar refractivity (Wildman–Crippen MR) is 155 cm³/mol. The fourth-order valence-electron chi connectivity index (χ4n) is 6.46. The first-order valence-electron chi connectivity index (χ1n) is 13.5. The van der Waals surface area contributed by atoms with E-state index in [0.29, 0.717) is 47.7 Å². The molecule has 0 bridgehead atoms. The highest BCUT2D eigenvalue weighted by molar-refractivity contribution is 6.16. The molecule has 4 aromatic carbocycles. The van der Waals surface area contributed by atoms with Gasteiger partial charge >= 0.3 is 5.69 Å². The van der Waals surface area contributed by atoms with Crippen LogP contribution in [-0.2, 0) is 23.3 Å². The summed E-state index contributed by atoms with van der Waals surface area (Å²) in [4.78, 5) is 42.2. The van der Waals surface area contributed by atoms with E-state index < -0.39 is 11.0 Å². The number of anilines is 3. The van der Waals surface area contributed by atoms with Gasteiger partial charge in [-0.05, 0) is 64.7 Å². The van der Waals surface area contributed by atoms with Crippen LogP contribution in [0.1, 0.15) is 43.4 Å². The quantitative estimate of drug-likeness (QED) is 0.310. The minimum atomic E-state index is -1.40. The molecule has 39 heavy (non-hydrogen) atoms. The lowest BCUT2D eigenvalue weighted by molar-refractivity contribution is -0.118. The molecule has 0 aliphatic carbocycles. The van der Waals surface area contributed by atoms with Crippen molar-refractivity contribution in [3.63, 3.8) is 0 Å². The molecule has 1 unspecified atom stereocenters. The summed E-state index contributed by atoms with van der Waals surface area (Å²) < 4.78 is 2.93. The van der Waals surface area contributed by atoms with Crippen LogP contribution >= 0.6 is 0 Å². The zero-order valence-electron chi connectivity index (χ0n) is 21.9. The number of nitrogens with one attached hydrogen (secondary N) is 2. The van der Waals surface area contributed by atoms with E-state index in [2.05, 4.69) is 34.9 Å². The van der Waals surface area contributed by atoms with Gasteiger partial charge in [0.25, 0.3) is 5.56 Å². The van der Waals surface area contributed by atoms with Crippen LogP contribution in [-0.4, -0.2) is 15.0 Å². The van der Waals surface area contributed by atoms with E-state index in [1.54, 1.807) is 4.57 Å². The fourth-order valence-corrected chi connectivity index (χ4v) is 6.46. The summed E-state index contributed by atoms with van der Waals surface area (Å²) in [5, 5.41) is 10.7. The molecule has 0 fully saturated rings. The van der Waals surface area contributed by atoms with Gasteiger partial charge in [-0.3, -0.25) is 18.7 Å². The lowest BCUT2D eigenvalue weighted by Gasteiger charge is -2.37. The van der Waals surface area contributed by atoms with Crippen LogP contribution in [0.4, 0.5) is 17.2 Å². The number of benzene rings is 4. The van der Waals surface area contributed by atoms with E-state index in [4.69, 9.17) is 0 Å². The first kappa shape index (κ1) is 23.5. The second-order valence-corrected chi connectivity index (χ2v) is 10.4. The number of nitrogens with zero attached hydrogens (tertiary/aromatic N) is 2. The highest BCUT2D eigenvalue weighted by atomic mass is 16.2. The first-order valence-corrected chi connectivity index (χ1v) is 13.5. The molecule has 0 saturated heterocycles. The third-order valence-electron chi connectivity index (χ3n) is 8.12. The third kappa shape index (κ3) is 3.07. The van der Waals surface area contributed by atoms with E-state index in [-0.39, 0.29) is 18.1 Å². The molecule has 0 radical (unpaired) electrons. The van der Waals surface area contributed by atoms with Gasteiger partial charge in [-0.25, -0.2) is 4.79 Å². The van der Waals surface area contributed by atoms with Crippen LogP contribution in [0.25, 0.3) is 21.5 Å². The number of para-hydroxylation sites is 1. The number of hydrogen-bond acceptors (Lipinski definition) is 4. The van der Waals surface area contributed by atoms with Crippen molar-refractivity contribution in [2.45, 2.75) is 45.2 Å². The van der Waals surface area contributed by atoms with Crippen molar-refractivity contribution in [3.8, 4) is 0 Å². The molecule has 3 heterocycles. The normalized spacial score (nSPS) is 17.1. The van der Waals surface area contributed by atoms with Gasteiger partial charge in [-0.1, -0.05) is 56.3 Å². The van der Waals surface area contributed by atoms with Gasteiger partial charge in [0.05, 0.1) is 5.56 Å². The highest BCUT2D eigenvalue weighted by Gasteiger charge is 2.56. The maximum atomic E-state index is 14.3. The molecule has 7 heteroatoms. The monoisotopic (exact) mass is 516 g/mol. The Hall–Kier alpha value is -4.65. The maximum Gasteiger partial charge on any atom is 0.332 e. The zero-order chi connectivity index (χ0) is 26.9. The van der Waals surface area contributed by atoms with Crippen LogP contribution in [0.5, 0.6) is 0 Å². The van der Waals surface area contributed by atoms with Gasteiger partial charge in [0.2, 0.25) is 5.91 Å². The molecule has 1 aromatic heterocycles. The predicted octanol–water partition coefficient (Wildman–Crippen LogP) is 5.48. The molecule has 1 amide bonds. The molecule has 194 valence electrons. The minimum Gasteiger partial charge on any atom is -0.341 e. The van der Waals surface area contributed by atoms with Crippen molar-refractivity contribution in [1.29, 1.82) is 0 Å². The highest BCUT2D eigenvalue weighted by Crippen LogP contribution is 2.54. The summed E-state index contributed by atoms with van der Waals surface area (Å²) in [7, 11) is 0.